The molecule has 0 atom stereocenters. The van der Waals surface area contributed by atoms with E-state index < -0.39 is 0 Å². The summed E-state index contributed by atoms with van der Waals surface area (Å²) >= 11 is 0. The minimum absolute atomic E-state index is 0.0893. The summed E-state index contributed by atoms with van der Waals surface area (Å²) in [7, 11) is 1.59. The third kappa shape index (κ3) is 6.11. The molecule has 6 aromatic rings. The summed E-state index contributed by atoms with van der Waals surface area (Å²) in [5, 5.41) is 20.7. The molecule has 4 heterocycles. The lowest BCUT2D eigenvalue weighted by molar-refractivity contribution is -0.105. The number of carbonyl (C=O) groups is 3. The number of carbonyl (C=O) groups excluding carboxylic acids is 3. The molecule has 0 aliphatic carbocycles. The van der Waals surface area contributed by atoms with Gasteiger partial charge in [-0.1, -0.05) is 17.7 Å². The summed E-state index contributed by atoms with van der Waals surface area (Å²) in [6.07, 6.45) is 1.78. The van der Waals surface area contributed by atoms with E-state index in [2.05, 4.69) is 20.6 Å². The van der Waals surface area contributed by atoms with Gasteiger partial charge in [-0.2, -0.15) is 15.3 Å². The summed E-state index contributed by atoms with van der Waals surface area (Å²) < 4.78 is 8.59. The monoisotopic (exact) mass is 705 g/mol. The highest BCUT2D eigenvalue weighted by atomic mass is 16.5. The van der Waals surface area contributed by atoms with Gasteiger partial charge >= 0.3 is 0 Å². The molecular formula is C40H35N9O4. The maximum atomic E-state index is 13.9. The fourth-order valence-electron chi connectivity index (χ4n) is 6.85. The smallest absolute Gasteiger partial charge is 0.277 e. The van der Waals surface area contributed by atoms with Gasteiger partial charge in [-0.3, -0.25) is 14.4 Å². The lowest BCUT2D eigenvalue weighted by Gasteiger charge is -2.28. The molecule has 0 spiro atoms. The Labute approximate surface area is 305 Å². The summed E-state index contributed by atoms with van der Waals surface area (Å²) in [5.41, 5.74) is 8.90. The van der Waals surface area contributed by atoms with Crippen LogP contribution in [0.2, 0.25) is 0 Å². The van der Waals surface area contributed by atoms with E-state index in [1.165, 1.54) is 0 Å². The van der Waals surface area contributed by atoms with Crippen LogP contribution in [-0.2, 0) is 17.6 Å². The highest BCUT2D eigenvalue weighted by molar-refractivity contribution is 6.09. The van der Waals surface area contributed by atoms with Gasteiger partial charge in [0.2, 0.25) is 6.41 Å². The average Bonchev–Trinajstić information content (AvgIpc) is 3.73. The first-order valence-corrected chi connectivity index (χ1v) is 17.2. The van der Waals surface area contributed by atoms with Crippen molar-refractivity contribution in [2.45, 2.75) is 26.7 Å². The number of azo groups is 1. The summed E-state index contributed by atoms with van der Waals surface area (Å²) in [5.74, 6) is 0.712. The zero-order chi connectivity index (χ0) is 36.6. The maximum absolute atomic E-state index is 13.9. The fourth-order valence-corrected chi connectivity index (χ4v) is 6.85. The number of anilines is 3. The minimum Gasteiger partial charge on any atom is -0.497 e. The topological polar surface area (TPSA) is 139 Å². The van der Waals surface area contributed by atoms with Crippen molar-refractivity contribution in [1.82, 2.24) is 19.6 Å². The van der Waals surface area contributed by atoms with Gasteiger partial charge in [-0.25, -0.2) is 9.36 Å². The molecule has 3 amide bonds. The standard InChI is InChI=1S/C40H35N9O4/c1-25-4-10-31(11-5-25)48-36-34(26(2)44-48)20-22-46(39(36)51)29-12-6-27(7-13-29)42-43-28-8-14-30(15-9-28)47-23-21-35-37(40(47)52)49(45-38(35)41-24-50)32-16-18-33(53-3)19-17-32/h4-19,24H,20-23H2,1-3H3,(H,41,45,50)/b43-42+. The van der Waals surface area contributed by atoms with Crippen LogP contribution in [0.3, 0.4) is 0 Å². The Morgan fingerprint density at radius 1 is 0.642 bits per heavy atom. The van der Waals surface area contributed by atoms with Gasteiger partial charge in [0.25, 0.3) is 11.8 Å². The van der Waals surface area contributed by atoms with Gasteiger partial charge in [-0.15, -0.1) is 5.10 Å². The fraction of sp³-hybridized carbons (Fsp3) is 0.175. The lowest BCUT2D eigenvalue weighted by atomic mass is 10.0. The summed E-state index contributed by atoms with van der Waals surface area (Å²) in [4.78, 5) is 42.5. The average molecular weight is 706 g/mol. The number of methoxy groups -OCH3 is 1. The van der Waals surface area contributed by atoms with E-state index in [4.69, 9.17) is 9.84 Å². The number of ether oxygens (including phenoxy) is 1. The van der Waals surface area contributed by atoms with E-state index in [9.17, 15) is 14.4 Å². The van der Waals surface area contributed by atoms with Crippen molar-refractivity contribution in [3.8, 4) is 17.1 Å². The predicted octanol–water partition coefficient (Wildman–Crippen LogP) is 7.07. The minimum atomic E-state index is -0.235. The van der Waals surface area contributed by atoms with Crippen molar-refractivity contribution in [2.75, 3.05) is 35.3 Å². The molecule has 53 heavy (non-hydrogen) atoms. The van der Waals surface area contributed by atoms with E-state index in [0.717, 1.165) is 28.2 Å². The third-order valence-corrected chi connectivity index (χ3v) is 9.63. The zero-order valence-electron chi connectivity index (χ0n) is 29.4. The van der Waals surface area contributed by atoms with E-state index in [0.29, 0.717) is 83.6 Å². The molecule has 4 aromatic carbocycles. The van der Waals surface area contributed by atoms with Crippen LogP contribution in [0, 0.1) is 13.8 Å². The number of nitrogens with one attached hydrogen (secondary N) is 1. The van der Waals surface area contributed by atoms with E-state index in [1.54, 1.807) is 50.5 Å². The van der Waals surface area contributed by atoms with E-state index in [1.807, 2.05) is 86.6 Å². The normalized spacial score (nSPS) is 14.0. The van der Waals surface area contributed by atoms with Gasteiger partial charge in [0.05, 0.1) is 35.6 Å². The maximum Gasteiger partial charge on any atom is 0.277 e. The second-order valence-electron chi connectivity index (χ2n) is 12.9. The molecule has 8 rings (SSSR count). The lowest BCUT2D eigenvalue weighted by Crippen LogP contribution is -2.38. The molecular weight excluding hydrogens is 670 g/mol. The third-order valence-electron chi connectivity index (χ3n) is 9.63. The number of rotatable bonds is 9. The van der Waals surface area contributed by atoms with Crippen LogP contribution < -0.4 is 19.9 Å². The SMILES string of the molecule is COc1ccc(-n2nc(NC=O)c3c2C(=O)N(c2ccc(/N=N/c4ccc(N5CCc6c(C)nn(-c7ccc(C)cc7)c6C5=O)cc4)cc2)CC3)cc1. The Balaban J connectivity index is 0.970. The first kappa shape index (κ1) is 33.3. The second-order valence-corrected chi connectivity index (χ2v) is 12.9. The summed E-state index contributed by atoms with van der Waals surface area (Å²) in [6.45, 7) is 4.95. The molecule has 0 bridgehead atoms. The van der Waals surface area contributed by atoms with Crippen LogP contribution >= 0.6 is 0 Å². The summed E-state index contributed by atoms with van der Waals surface area (Å²) in [6, 6.07) is 29.9. The Hall–Kier alpha value is -6.89. The molecule has 264 valence electrons. The van der Waals surface area contributed by atoms with Gasteiger partial charge in [-0.05, 0) is 112 Å². The van der Waals surface area contributed by atoms with Crippen molar-refractivity contribution in [3.05, 3.63) is 131 Å². The second kappa shape index (κ2) is 13.7. The van der Waals surface area contributed by atoms with Crippen molar-refractivity contribution in [1.29, 1.82) is 0 Å². The largest absolute Gasteiger partial charge is 0.497 e. The molecule has 0 saturated carbocycles. The molecule has 2 aromatic heterocycles. The molecule has 0 saturated heterocycles. The van der Waals surface area contributed by atoms with Crippen molar-refractivity contribution < 1.29 is 19.1 Å². The quantitative estimate of drug-likeness (QED) is 0.126. The Morgan fingerprint density at radius 3 is 1.64 bits per heavy atom. The molecule has 13 nitrogen and oxygen atoms in total. The number of aryl methyl sites for hydroxylation is 2. The van der Waals surface area contributed by atoms with Crippen LogP contribution in [0.5, 0.6) is 5.75 Å². The Morgan fingerprint density at radius 2 is 1.11 bits per heavy atom. The number of benzene rings is 4. The molecule has 13 heteroatoms. The van der Waals surface area contributed by atoms with Crippen molar-refractivity contribution in [2.24, 2.45) is 10.2 Å². The molecule has 2 aliphatic rings. The molecule has 0 radical (unpaired) electrons. The van der Waals surface area contributed by atoms with Crippen LogP contribution in [0.4, 0.5) is 28.6 Å². The van der Waals surface area contributed by atoms with Crippen LogP contribution in [0.1, 0.15) is 43.4 Å². The van der Waals surface area contributed by atoms with Crippen molar-refractivity contribution >= 4 is 46.8 Å². The van der Waals surface area contributed by atoms with Crippen LogP contribution in [0.25, 0.3) is 11.4 Å². The van der Waals surface area contributed by atoms with Gasteiger partial charge in [0, 0.05) is 35.6 Å². The molecule has 2 aliphatic heterocycles. The first-order valence-electron chi connectivity index (χ1n) is 17.2. The van der Waals surface area contributed by atoms with Gasteiger partial charge in [0.1, 0.15) is 17.1 Å². The van der Waals surface area contributed by atoms with Gasteiger partial charge in [0.15, 0.2) is 5.82 Å². The van der Waals surface area contributed by atoms with E-state index in [-0.39, 0.29) is 11.8 Å². The van der Waals surface area contributed by atoms with Crippen LogP contribution in [0.15, 0.2) is 107 Å². The molecule has 0 unspecified atom stereocenters. The molecule has 1 N–H and O–H groups in total. The predicted molar refractivity (Wildman–Crippen MR) is 201 cm³/mol. The zero-order valence-corrected chi connectivity index (χ0v) is 29.4. The highest BCUT2D eigenvalue weighted by Crippen LogP contribution is 2.33. The number of hydrogen-bond donors (Lipinski definition) is 1. The number of hydrogen-bond acceptors (Lipinski definition) is 8. The van der Waals surface area contributed by atoms with E-state index >= 15 is 0 Å². The van der Waals surface area contributed by atoms with Crippen molar-refractivity contribution in [3.63, 3.8) is 0 Å². The number of aromatic nitrogens is 4. The number of nitrogens with zero attached hydrogens (tertiary/aromatic N) is 8. The first-order chi connectivity index (χ1) is 25.8. The highest BCUT2D eigenvalue weighted by Gasteiger charge is 2.34. The Bertz CT molecular complexity index is 2380. The number of amides is 3. The number of fused-ring (bicyclic) bond motifs is 2. The Kier molecular flexibility index (Phi) is 8.58. The van der Waals surface area contributed by atoms with Crippen LogP contribution in [-0.4, -0.2) is 58.0 Å². The molecule has 0 fully saturated rings. The van der Waals surface area contributed by atoms with Gasteiger partial charge < -0.3 is 19.9 Å².